The Balaban J connectivity index is 1.36. The van der Waals surface area contributed by atoms with Crippen molar-refractivity contribution in [3.05, 3.63) is 42.4 Å². The summed E-state index contributed by atoms with van der Waals surface area (Å²) >= 11 is 0. The second-order valence-electron chi connectivity index (χ2n) is 10.6. The van der Waals surface area contributed by atoms with Gasteiger partial charge < -0.3 is 9.47 Å². The van der Waals surface area contributed by atoms with Gasteiger partial charge in [0.05, 0.1) is 6.33 Å². The minimum atomic E-state index is -3.69. The molecule has 1 aromatic heterocycles. The molecule has 7 heteroatoms. The number of nitrogens with one attached hydrogen (secondary N) is 1. The molecule has 0 spiro atoms. The Bertz CT molecular complexity index is 1030. The molecule has 1 saturated heterocycles. The first-order chi connectivity index (χ1) is 15.8. The molecule has 1 N–H and O–H groups in total. The topological polar surface area (TPSA) is 67.2 Å². The third-order valence-electron chi connectivity index (χ3n) is 8.11. The van der Waals surface area contributed by atoms with E-state index in [-0.39, 0.29) is 10.4 Å². The highest BCUT2D eigenvalue weighted by Crippen LogP contribution is 2.40. The first-order valence-corrected chi connectivity index (χ1v) is 14.1. The largest absolute Gasteiger partial charge is 0.339 e. The summed E-state index contributed by atoms with van der Waals surface area (Å²) in [5, 5.41) is 0.0384. The smallest absolute Gasteiger partial charge is 0.280 e. The maximum Gasteiger partial charge on any atom is 0.280 e. The highest BCUT2D eigenvalue weighted by molar-refractivity contribution is 7.92. The van der Waals surface area contributed by atoms with Crippen LogP contribution in [-0.4, -0.2) is 42.5 Å². The van der Waals surface area contributed by atoms with Crippen LogP contribution in [0.4, 0.5) is 5.69 Å². The molecule has 2 atom stereocenters. The molecule has 2 fully saturated rings. The standard InChI is InChI=1S/C26H40N4O2S/c1-21-18-30(15-8-11-22-9-5-4-6-10-22)16-14-26(21,2)23-12-7-13-24(17-23)28-33(31,32)25-19-29(3)20-27-25/h7,12-13,17,19-22,28H,4-6,8-11,14-16,18H2,1-3H3. The van der Waals surface area contributed by atoms with Crippen LogP contribution in [-0.2, 0) is 22.5 Å². The molecule has 0 amide bonds. The highest BCUT2D eigenvalue weighted by Gasteiger charge is 2.38. The van der Waals surface area contributed by atoms with E-state index in [1.807, 2.05) is 18.2 Å². The summed E-state index contributed by atoms with van der Waals surface area (Å²) in [5.41, 5.74) is 1.84. The number of rotatable bonds is 8. The van der Waals surface area contributed by atoms with Gasteiger partial charge in [0, 0.05) is 25.5 Å². The lowest BCUT2D eigenvalue weighted by Crippen LogP contribution is -2.47. The van der Waals surface area contributed by atoms with Crippen LogP contribution in [0.25, 0.3) is 0 Å². The fraction of sp³-hybridized carbons (Fsp3) is 0.654. The lowest BCUT2D eigenvalue weighted by Gasteiger charge is -2.45. The van der Waals surface area contributed by atoms with Crippen molar-refractivity contribution in [1.82, 2.24) is 14.5 Å². The number of aryl methyl sites for hydroxylation is 1. The molecular weight excluding hydrogens is 432 g/mol. The van der Waals surface area contributed by atoms with Crippen molar-refractivity contribution in [3.63, 3.8) is 0 Å². The summed E-state index contributed by atoms with van der Waals surface area (Å²) in [5.74, 6) is 1.47. The molecule has 2 aliphatic rings. The van der Waals surface area contributed by atoms with E-state index in [2.05, 4.69) is 34.5 Å². The fourth-order valence-corrected chi connectivity index (χ4v) is 6.73. The molecule has 182 valence electrons. The predicted octanol–water partition coefficient (Wildman–Crippen LogP) is 5.18. The number of sulfonamides is 1. The molecule has 6 nitrogen and oxygen atoms in total. The third-order valence-corrected chi connectivity index (χ3v) is 9.38. The Kier molecular flexibility index (Phi) is 7.49. The average Bonchev–Trinajstić information content (AvgIpc) is 3.24. The molecule has 2 aromatic rings. The van der Waals surface area contributed by atoms with Gasteiger partial charge in [-0.1, -0.05) is 58.1 Å². The first kappa shape index (κ1) is 24.3. The van der Waals surface area contributed by atoms with Gasteiger partial charge in [0.15, 0.2) is 5.03 Å². The van der Waals surface area contributed by atoms with E-state index in [1.54, 1.807) is 11.6 Å². The van der Waals surface area contributed by atoms with Gasteiger partial charge in [-0.25, -0.2) is 4.98 Å². The Hall–Kier alpha value is -1.86. The van der Waals surface area contributed by atoms with Crippen molar-refractivity contribution >= 4 is 15.7 Å². The zero-order valence-electron chi connectivity index (χ0n) is 20.5. The van der Waals surface area contributed by atoms with Crippen molar-refractivity contribution in [3.8, 4) is 0 Å². The molecule has 2 heterocycles. The normalized spacial score (nSPS) is 25.2. The van der Waals surface area contributed by atoms with Crippen LogP contribution < -0.4 is 4.72 Å². The number of imidazole rings is 1. The summed E-state index contributed by atoms with van der Waals surface area (Å²) in [6.45, 7) is 8.10. The van der Waals surface area contributed by atoms with Gasteiger partial charge in [-0.15, -0.1) is 0 Å². The first-order valence-electron chi connectivity index (χ1n) is 12.6. The second kappa shape index (κ2) is 10.2. The third kappa shape index (κ3) is 5.80. The van der Waals surface area contributed by atoms with E-state index in [0.717, 1.165) is 25.4 Å². The minimum absolute atomic E-state index is 0.0340. The molecule has 4 rings (SSSR count). The summed E-state index contributed by atoms with van der Waals surface area (Å²) in [6.07, 6.45) is 14.0. The van der Waals surface area contributed by atoms with Gasteiger partial charge in [0.2, 0.25) is 0 Å². The van der Waals surface area contributed by atoms with Crippen molar-refractivity contribution in [2.24, 2.45) is 18.9 Å². The maximum atomic E-state index is 12.7. The number of likely N-dealkylation sites (tertiary alicyclic amines) is 1. The summed E-state index contributed by atoms with van der Waals surface area (Å²) in [6, 6.07) is 7.93. The van der Waals surface area contributed by atoms with Crippen LogP contribution in [0.1, 0.15) is 70.8 Å². The zero-order chi connectivity index (χ0) is 23.5. The van der Waals surface area contributed by atoms with Crippen molar-refractivity contribution in [1.29, 1.82) is 0 Å². The Morgan fingerprint density at radius 3 is 2.70 bits per heavy atom. The average molecular weight is 473 g/mol. The number of nitrogens with zero attached hydrogens (tertiary/aromatic N) is 3. The Morgan fingerprint density at radius 1 is 1.21 bits per heavy atom. The van der Waals surface area contributed by atoms with E-state index < -0.39 is 10.0 Å². The van der Waals surface area contributed by atoms with Crippen LogP contribution in [0.3, 0.4) is 0 Å². The zero-order valence-corrected chi connectivity index (χ0v) is 21.3. The van der Waals surface area contributed by atoms with Gasteiger partial charge in [0.1, 0.15) is 0 Å². The number of aromatic nitrogens is 2. The van der Waals surface area contributed by atoms with Crippen molar-refractivity contribution in [2.45, 2.75) is 75.7 Å². The molecular formula is C26H40N4O2S. The maximum absolute atomic E-state index is 12.7. The molecule has 1 aliphatic heterocycles. The highest BCUT2D eigenvalue weighted by atomic mass is 32.2. The second-order valence-corrected chi connectivity index (χ2v) is 12.2. The Morgan fingerprint density at radius 2 is 2.00 bits per heavy atom. The van der Waals surface area contributed by atoms with Crippen LogP contribution in [0.15, 0.2) is 41.8 Å². The number of anilines is 1. The predicted molar refractivity (Wildman–Crippen MR) is 134 cm³/mol. The van der Waals surface area contributed by atoms with Gasteiger partial charge >= 0.3 is 0 Å². The number of piperidine rings is 1. The summed E-state index contributed by atoms with van der Waals surface area (Å²) in [4.78, 5) is 6.63. The summed E-state index contributed by atoms with van der Waals surface area (Å²) < 4.78 is 29.8. The van der Waals surface area contributed by atoms with Crippen LogP contribution >= 0.6 is 0 Å². The molecule has 1 saturated carbocycles. The van der Waals surface area contributed by atoms with Gasteiger partial charge in [0.25, 0.3) is 10.0 Å². The van der Waals surface area contributed by atoms with E-state index >= 15 is 0 Å². The lowest BCUT2D eigenvalue weighted by molar-refractivity contribution is 0.107. The molecule has 2 unspecified atom stereocenters. The summed E-state index contributed by atoms with van der Waals surface area (Å²) in [7, 11) is -1.93. The Labute approximate surface area is 199 Å². The van der Waals surface area contributed by atoms with E-state index in [1.165, 1.54) is 69.6 Å². The number of hydrogen-bond donors (Lipinski definition) is 1. The van der Waals surface area contributed by atoms with E-state index in [9.17, 15) is 8.42 Å². The minimum Gasteiger partial charge on any atom is -0.339 e. The van der Waals surface area contributed by atoms with Gasteiger partial charge in [-0.3, -0.25) is 4.72 Å². The van der Waals surface area contributed by atoms with E-state index in [0.29, 0.717) is 11.6 Å². The molecule has 0 radical (unpaired) electrons. The molecule has 1 aromatic carbocycles. The van der Waals surface area contributed by atoms with Crippen molar-refractivity contribution in [2.75, 3.05) is 24.4 Å². The monoisotopic (exact) mass is 472 g/mol. The molecule has 0 bridgehead atoms. The van der Waals surface area contributed by atoms with Crippen LogP contribution in [0.5, 0.6) is 0 Å². The van der Waals surface area contributed by atoms with Crippen LogP contribution in [0.2, 0.25) is 0 Å². The molecule has 1 aliphatic carbocycles. The van der Waals surface area contributed by atoms with Gasteiger partial charge in [-0.05, 0) is 67.3 Å². The van der Waals surface area contributed by atoms with E-state index in [4.69, 9.17) is 0 Å². The fourth-order valence-electron chi connectivity index (χ4n) is 5.70. The van der Waals surface area contributed by atoms with Crippen LogP contribution in [0, 0.1) is 11.8 Å². The lowest BCUT2D eigenvalue weighted by atomic mass is 9.68. The molecule has 33 heavy (non-hydrogen) atoms. The number of benzene rings is 1. The van der Waals surface area contributed by atoms with Crippen molar-refractivity contribution < 1.29 is 8.42 Å². The SMILES string of the molecule is CC1CN(CCCC2CCCCC2)CCC1(C)c1cccc(NS(=O)(=O)c2cn(C)cn2)c1. The quantitative estimate of drug-likeness (QED) is 0.575. The number of hydrogen-bond acceptors (Lipinski definition) is 4. The van der Waals surface area contributed by atoms with Gasteiger partial charge in [-0.2, -0.15) is 8.42 Å².